The molecule has 0 bridgehead atoms. The number of para-hydroxylation sites is 1. The van der Waals surface area contributed by atoms with Gasteiger partial charge in [-0.15, -0.1) is 0 Å². The number of phenolic OH excluding ortho intramolecular Hbond substituents is 2. The van der Waals surface area contributed by atoms with E-state index >= 15 is 0 Å². The van der Waals surface area contributed by atoms with Crippen molar-refractivity contribution in [2.75, 3.05) is 5.32 Å². The molecule has 3 N–H and O–H groups in total. The van der Waals surface area contributed by atoms with E-state index in [1.54, 1.807) is 0 Å². The molecule has 0 unspecified atom stereocenters. The van der Waals surface area contributed by atoms with E-state index in [-0.39, 0.29) is 23.0 Å². The van der Waals surface area contributed by atoms with E-state index in [9.17, 15) is 15.0 Å². The average molecular weight is 271 g/mol. The topological polar surface area (TPSA) is 69.6 Å². The maximum atomic E-state index is 12.1. The minimum Gasteiger partial charge on any atom is -0.508 e. The third kappa shape index (κ3) is 3.29. The summed E-state index contributed by atoms with van der Waals surface area (Å²) in [5.41, 5.74) is 2.03. The molecule has 1 amide bonds. The standard InChI is InChI=1S/C16H17NO3/c1-2-5-11-6-3-4-7-15(11)17-16(20)12-8-13(18)10-14(19)9-12/h3-4,6-10,18-19H,2,5H2,1H3,(H,17,20). The lowest BCUT2D eigenvalue weighted by Crippen LogP contribution is -2.13. The quantitative estimate of drug-likeness (QED) is 0.799. The van der Waals surface area contributed by atoms with Gasteiger partial charge in [-0.05, 0) is 30.2 Å². The van der Waals surface area contributed by atoms with Gasteiger partial charge in [-0.2, -0.15) is 0 Å². The second-order valence-corrected chi connectivity index (χ2v) is 4.60. The number of hydrogen-bond donors (Lipinski definition) is 3. The van der Waals surface area contributed by atoms with Crippen molar-refractivity contribution >= 4 is 11.6 Å². The van der Waals surface area contributed by atoms with Gasteiger partial charge in [-0.25, -0.2) is 0 Å². The number of aromatic hydroxyl groups is 2. The van der Waals surface area contributed by atoms with E-state index in [0.717, 1.165) is 24.1 Å². The molecule has 0 saturated heterocycles. The molecular weight excluding hydrogens is 254 g/mol. The molecule has 2 rings (SSSR count). The highest BCUT2D eigenvalue weighted by atomic mass is 16.3. The minimum absolute atomic E-state index is 0.142. The molecule has 0 spiro atoms. The zero-order valence-corrected chi connectivity index (χ0v) is 11.3. The van der Waals surface area contributed by atoms with Gasteiger partial charge in [0.2, 0.25) is 0 Å². The zero-order valence-electron chi connectivity index (χ0n) is 11.3. The number of nitrogens with one attached hydrogen (secondary N) is 1. The third-order valence-corrected chi connectivity index (χ3v) is 2.95. The number of carbonyl (C=O) groups is 1. The first-order valence-corrected chi connectivity index (χ1v) is 6.52. The average Bonchev–Trinajstić information content (AvgIpc) is 2.40. The number of benzene rings is 2. The Bertz CT molecular complexity index is 603. The van der Waals surface area contributed by atoms with E-state index in [1.165, 1.54) is 18.2 Å². The van der Waals surface area contributed by atoms with Crippen LogP contribution < -0.4 is 5.32 Å². The normalized spacial score (nSPS) is 10.2. The zero-order chi connectivity index (χ0) is 14.5. The molecule has 0 aliphatic heterocycles. The predicted octanol–water partition coefficient (Wildman–Crippen LogP) is 3.30. The van der Waals surface area contributed by atoms with Crippen LogP contribution in [0.25, 0.3) is 0 Å². The highest BCUT2D eigenvalue weighted by Crippen LogP contribution is 2.22. The molecule has 20 heavy (non-hydrogen) atoms. The Morgan fingerprint density at radius 1 is 1.10 bits per heavy atom. The van der Waals surface area contributed by atoms with Crippen molar-refractivity contribution in [3.05, 3.63) is 53.6 Å². The van der Waals surface area contributed by atoms with Crippen LogP contribution in [-0.4, -0.2) is 16.1 Å². The Hall–Kier alpha value is -2.49. The van der Waals surface area contributed by atoms with Crippen molar-refractivity contribution in [1.82, 2.24) is 0 Å². The number of aryl methyl sites for hydroxylation is 1. The molecule has 2 aromatic carbocycles. The van der Waals surface area contributed by atoms with Gasteiger partial charge in [0.1, 0.15) is 11.5 Å². The van der Waals surface area contributed by atoms with E-state index in [4.69, 9.17) is 0 Å². The van der Waals surface area contributed by atoms with Crippen LogP contribution in [0.2, 0.25) is 0 Å². The number of anilines is 1. The second kappa shape index (κ2) is 6.10. The van der Waals surface area contributed by atoms with Crippen LogP contribution in [0.3, 0.4) is 0 Å². The van der Waals surface area contributed by atoms with E-state index < -0.39 is 0 Å². The van der Waals surface area contributed by atoms with Gasteiger partial charge < -0.3 is 15.5 Å². The highest BCUT2D eigenvalue weighted by Gasteiger charge is 2.10. The van der Waals surface area contributed by atoms with E-state index in [1.807, 2.05) is 24.3 Å². The van der Waals surface area contributed by atoms with Crippen molar-refractivity contribution in [3.8, 4) is 11.5 Å². The van der Waals surface area contributed by atoms with Crippen LogP contribution in [0.15, 0.2) is 42.5 Å². The number of rotatable bonds is 4. The molecule has 2 aromatic rings. The summed E-state index contributed by atoms with van der Waals surface area (Å²) in [6.45, 7) is 2.08. The molecule has 4 heteroatoms. The van der Waals surface area contributed by atoms with Crippen LogP contribution >= 0.6 is 0 Å². The SMILES string of the molecule is CCCc1ccccc1NC(=O)c1cc(O)cc(O)c1. The molecule has 0 aliphatic carbocycles. The van der Waals surface area contributed by atoms with Crippen molar-refractivity contribution in [2.45, 2.75) is 19.8 Å². The van der Waals surface area contributed by atoms with Crippen molar-refractivity contribution < 1.29 is 15.0 Å². The smallest absolute Gasteiger partial charge is 0.255 e. The number of amides is 1. The van der Waals surface area contributed by atoms with Crippen molar-refractivity contribution in [1.29, 1.82) is 0 Å². The van der Waals surface area contributed by atoms with Gasteiger partial charge >= 0.3 is 0 Å². The monoisotopic (exact) mass is 271 g/mol. The maximum absolute atomic E-state index is 12.1. The Kier molecular flexibility index (Phi) is 4.25. The largest absolute Gasteiger partial charge is 0.508 e. The molecule has 0 radical (unpaired) electrons. The summed E-state index contributed by atoms with van der Waals surface area (Å²) in [6.07, 6.45) is 1.86. The van der Waals surface area contributed by atoms with Gasteiger partial charge in [-0.1, -0.05) is 31.5 Å². The van der Waals surface area contributed by atoms with Crippen LogP contribution in [-0.2, 0) is 6.42 Å². The van der Waals surface area contributed by atoms with E-state index in [0.29, 0.717) is 0 Å². The minimum atomic E-state index is -0.361. The Morgan fingerprint density at radius 3 is 2.40 bits per heavy atom. The summed E-state index contributed by atoms with van der Waals surface area (Å²) >= 11 is 0. The summed E-state index contributed by atoms with van der Waals surface area (Å²) in [4.78, 5) is 12.1. The maximum Gasteiger partial charge on any atom is 0.255 e. The van der Waals surface area contributed by atoms with Gasteiger partial charge in [0.15, 0.2) is 0 Å². The van der Waals surface area contributed by atoms with Crippen LogP contribution in [0.4, 0.5) is 5.69 Å². The first-order chi connectivity index (χ1) is 9.60. The van der Waals surface area contributed by atoms with E-state index in [2.05, 4.69) is 12.2 Å². The first kappa shape index (κ1) is 13.9. The molecule has 0 fully saturated rings. The molecular formula is C16H17NO3. The molecule has 0 aliphatic rings. The number of phenols is 2. The van der Waals surface area contributed by atoms with Crippen molar-refractivity contribution in [2.24, 2.45) is 0 Å². The van der Waals surface area contributed by atoms with Crippen LogP contribution in [0.1, 0.15) is 29.3 Å². The molecule has 0 aromatic heterocycles. The summed E-state index contributed by atoms with van der Waals surface area (Å²) in [5, 5.41) is 21.6. The van der Waals surface area contributed by atoms with Gasteiger partial charge in [0, 0.05) is 17.3 Å². The van der Waals surface area contributed by atoms with Gasteiger partial charge in [0.25, 0.3) is 5.91 Å². The lowest BCUT2D eigenvalue weighted by atomic mass is 10.1. The Balaban J connectivity index is 2.23. The van der Waals surface area contributed by atoms with Crippen LogP contribution in [0, 0.1) is 0 Å². The Labute approximate surface area is 117 Å². The Morgan fingerprint density at radius 2 is 1.75 bits per heavy atom. The lowest BCUT2D eigenvalue weighted by Gasteiger charge is -2.10. The lowest BCUT2D eigenvalue weighted by molar-refractivity contribution is 0.102. The third-order valence-electron chi connectivity index (χ3n) is 2.95. The number of hydrogen-bond acceptors (Lipinski definition) is 3. The second-order valence-electron chi connectivity index (χ2n) is 4.60. The summed E-state index contributed by atoms with van der Waals surface area (Å²) < 4.78 is 0. The number of carbonyl (C=O) groups excluding carboxylic acids is 1. The van der Waals surface area contributed by atoms with Crippen molar-refractivity contribution in [3.63, 3.8) is 0 Å². The fourth-order valence-corrected chi connectivity index (χ4v) is 2.05. The predicted molar refractivity (Wildman–Crippen MR) is 78.2 cm³/mol. The van der Waals surface area contributed by atoms with Gasteiger partial charge in [0.05, 0.1) is 0 Å². The molecule has 0 heterocycles. The molecule has 0 saturated carbocycles. The summed E-state index contributed by atoms with van der Waals surface area (Å²) in [5.74, 6) is -0.645. The van der Waals surface area contributed by atoms with Gasteiger partial charge in [-0.3, -0.25) is 4.79 Å². The fourth-order valence-electron chi connectivity index (χ4n) is 2.05. The summed E-state index contributed by atoms with van der Waals surface area (Å²) in [7, 11) is 0. The molecule has 4 nitrogen and oxygen atoms in total. The van der Waals surface area contributed by atoms with Crippen LogP contribution in [0.5, 0.6) is 11.5 Å². The summed E-state index contributed by atoms with van der Waals surface area (Å²) in [6, 6.07) is 11.4. The molecule has 104 valence electrons. The highest BCUT2D eigenvalue weighted by molar-refractivity contribution is 6.05. The fraction of sp³-hybridized carbons (Fsp3) is 0.188. The first-order valence-electron chi connectivity index (χ1n) is 6.52. The molecule has 0 atom stereocenters.